The maximum Gasteiger partial charge on any atom is 0.126 e. The van der Waals surface area contributed by atoms with Gasteiger partial charge in [-0.3, -0.25) is 0 Å². The van der Waals surface area contributed by atoms with Crippen LogP contribution in [-0.2, 0) is 0 Å². The lowest BCUT2D eigenvalue weighted by molar-refractivity contribution is 0.413. The molecule has 1 rings (SSSR count). The number of ether oxygens (including phenoxy) is 1. The van der Waals surface area contributed by atoms with E-state index in [2.05, 4.69) is 6.58 Å². The van der Waals surface area contributed by atoms with Gasteiger partial charge in [0.2, 0.25) is 0 Å². The lowest BCUT2D eigenvalue weighted by Crippen LogP contribution is -1.89. The van der Waals surface area contributed by atoms with E-state index in [0.29, 0.717) is 0 Å². The molecule has 0 aliphatic rings. The van der Waals surface area contributed by atoms with Gasteiger partial charge < -0.3 is 9.84 Å². The summed E-state index contributed by atoms with van der Waals surface area (Å²) in [5.74, 6) is 0.843. The minimum Gasteiger partial charge on any atom is -0.509 e. The maximum absolute atomic E-state index is 9.04. The van der Waals surface area contributed by atoms with Gasteiger partial charge in [0.05, 0.1) is 7.11 Å². The van der Waals surface area contributed by atoms with Gasteiger partial charge in [-0.1, -0.05) is 24.8 Å². The summed E-state index contributed by atoms with van der Waals surface area (Å²) in [7, 11) is 1.62. The smallest absolute Gasteiger partial charge is 0.126 e. The fourth-order valence-corrected chi connectivity index (χ4v) is 1.30. The molecule has 2 nitrogen and oxygen atoms in total. The molecule has 0 radical (unpaired) electrons. The second-order valence-electron chi connectivity index (χ2n) is 3.02. The summed E-state index contributed by atoms with van der Waals surface area (Å²) in [6, 6.07) is 7.65. The molecule has 0 atom stereocenters. The predicted molar refractivity (Wildman–Crippen MR) is 58.4 cm³/mol. The van der Waals surface area contributed by atoms with Crippen LogP contribution in [0.3, 0.4) is 0 Å². The van der Waals surface area contributed by atoms with Gasteiger partial charge in [-0.05, 0) is 24.6 Å². The van der Waals surface area contributed by atoms with Gasteiger partial charge in [0.1, 0.15) is 11.5 Å². The number of hydrogen-bond donors (Lipinski definition) is 1. The van der Waals surface area contributed by atoms with Crippen molar-refractivity contribution in [3.05, 3.63) is 48.2 Å². The molecule has 0 heterocycles. The van der Waals surface area contributed by atoms with Crippen LogP contribution >= 0.6 is 0 Å². The lowest BCUT2D eigenvalue weighted by Gasteiger charge is -2.07. The van der Waals surface area contributed by atoms with Crippen molar-refractivity contribution >= 4 is 5.57 Å². The Hall–Kier alpha value is -1.70. The van der Waals surface area contributed by atoms with Crippen LogP contribution in [0.1, 0.15) is 12.5 Å². The SMILES string of the molecule is C=C(O)/C=C(\C)c1ccccc1OC. The number of allylic oxidation sites excluding steroid dienone is 2. The quantitative estimate of drug-likeness (QED) is 0.586. The van der Waals surface area contributed by atoms with E-state index in [9.17, 15) is 0 Å². The summed E-state index contributed by atoms with van der Waals surface area (Å²) in [6.45, 7) is 5.32. The van der Waals surface area contributed by atoms with E-state index in [1.54, 1.807) is 13.2 Å². The first-order chi connectivity index (χ1) is 6.65. The summed E-state index contributed by atoms with van der Waals surface area (Å²) in [4.78, 5) is 0. The van der Waals surface area contributed by atoms with Crippen LogP contribution in [-0.4, -0.2) is 12.2 Å². The first kappa shape index (κ1) is 10.4. The Morgan fingerprint density at radius 1 is 1.43 bits per heavy atom. The molecule has 0 unspecified atom stereocenters. The largest absolute Gasteiger partial charge is 0.509 e. The molecule has 0 spiro atoms. The Morgan fingerprint density at radius 3 is 2.64 bits per heavy atom. The molecule has 0 aromatic heterocycles. The average Bonchev–Trinajstić information content (AvgIpc) is 2.16. The van der Waals surface area contributed by atoms with Crippen LogP contribution in [0.5, 0.6) is 5.75 Å². The van der Waals surface area contributed by atoms with Crippen molar-refractivity contribution in [3.8, 4) is 5.75 Å². The molecule has 1 N–H and O–H groups in total. The van der Waals surface area contributed by atoms with Crippen molar-refractivity contribution in [2.75, 3.05) is 7.11 Å². The second kappa shape index (κ2) is 4.51. The Labute approximate surface area is 84.1 Å². The summed E-state index contributed by atoms with van der Waals surface area (Å²) in [5.41, 5.74) is 1.89. The molecule has 0 saturated heterocycles. The first-order valence-corrected chi connectivity index (χ1v) is 4.34. The molecule has 74 valence electrons. The van der Waals surface area contributed by atoms with Crippen molar-refractivity contribution in [1.82, 2.24) is 0 Å². The highest BCUT2D eigenvalue weighted by molar-refractivity contribution is 5.70. The molecule has 2 heteroatoms. The zero-order chi connectivity index (χ0) is 10.6. The van der Waals surface area contributed by atoms with Crippen LogP contribution < -0.4 is 4.74 Å². The molecule has 1 aromatic rings. The zero-order valence-electron chi connectivity index (χ0n) is 8.45. The molecular weight excluding hydrogens is 176 g/mol. The third-order valence-corrected chi connectivity index (χ3v) is 1.91. The van der Waals surface area contributed by atoms with Crippen LogP contribution in [0.15, 0.2) is 42.7 Å². The number of hydrogen-bond acceptors (Lipinski definition) is 2. The molecule has 0 saturated carbocycles. The van der Waals surface area contributed by atoms with Crippen molar-refractivity contribution in [3.63, 3.8) is 0 Å². The van der Waals surface area contributed by atoms with E-state index in [-0.39, 0.29) is 5.76 Å². The number of rotatable bonds is 3. The fraction of sp³-hybridized carbons (Fsp3) is 0.167. The van der Waals surface area contributed by atoms with Gasteiger partial charge in [0.15, 0.2) is 0 Å². The van der Waals surface area contributed by atoms with Crippen LogP contribution in [0.4, 0.5) is 0 Å². The topological polar surface area (TPSA) is 29.5 Å². The summed E-state index contributed by atoms with van der Waals surface area (Å²) < 4.78 is 5.20. The van der Waals surface area contributed by atoms with Crippen molar-refractivity contribution in [2.45, 2.75) is 6.92 Å². The predicted octanol–water partition coefficient (Wildman–Crippen LogP) is 3.17. The Kier molecular flexibility index (Phi) is 3.35. The van der Waals surface area contributed by atoms with E-state index in [1.807, 2.05) is 31.2 Å². The fourth-order valence-electron chi connectivity index (χ4n) is 1.30. The summed E-state index contributed by atoms with van der Waals surface area (Å²) >= 11 is 0. The summed E-state index contributed by atoms with van der Waals surface area (Å²) in [5, 5.41) is 9.04. The van der Waals surface area contributed by atoms with E-state index < -0.39 is 0 Å². The van der Waals surface area contributed by atoms with Crippen molar-refractivity contribution in [2.24, 2.45) is 0 Å². The Morgan fingerprint density at radius 2 is 2.07 bits per heavy atom. The van der Waals surface area contributed by atoms with E-state index in [0.717, 1.165) is 16.9 Å². The van der Waals surface area contributed by atoms with Crippen LogP contribution in [0.2, 0.25) is 0 Å². The third kappa shape index (κ3) is 2.39. The van der Waals surface area contributed by atoms with Crippen molar-refractivity contribution in [1.29, 1.82) is 0 Å². The Bertz CT molecular complexity index is 364. The van der Waals surface area contributed by atoms with Gasteiger partial charge in [0.25, 0.3) is 0 Å². The standard InChI is InChI=1S/C12H14O2/c1-9(8-10(2)13)11-6-4-5-7-12(11)14-3/h4-8,13H,2H2,1,3H3/b9-8+. The molecule has 14 heavy (non-hydrogen) atoms. The molecule has 0 amide bonds. The average molecular weight is 190 g/mol. The minimum atomic E-state index is 0.0495. The van der Waals surface area contributed by atoms with Crippen LogP contribution in [0, 0.1) is 0 Å². The number of aliphatic hydroxyl groups excluding tert-OH is 1. The number of para-hydroxylation sites is 1. The number of benzene rings is 1. The van der Waals surface area contributed by atoms with Gasteiger partial charge in [0, 0.05) is 5.56 Å². The van der Waals surface area contributed by atoms with E-state index in [4.69, 9.17) is 9.84 Å². The highest BCUT2D eigenvalue weighted by atomic mass is 16.5. The Balaban J connectivity index is 3.11. The molecule has 0 bridgehead atoms. The second-order valence-corrected chi connectivity index (χ2v) is 3.02. The molecule has 1 aromatic carbocycles. The maximum atomic E-state index is 9.04. The normalized spacial score (nSPS) is 11.1. The van der Waals surface area contributed by atoms with Crippen molar-refractivity contribution < 1.29 is 9.84 Å². The monoisotopic (exact) mass is 190 g/mol. The number of methoxy groups -OCH3 is 1. The van der Waals surface area contributed by atoms with Gasteiger partial charge in [-0.15, -0.1) is 0 Å². The first-order valence-electron chi connectivity index (χ1n) is 4.34. The molecule has 0 aliphatic heterocycles. The molecule has 0 fully saturated rings. The minimum absolute atomic E-state index is 0.0495. The molecular formula is C12H14O2. The van der Waals surface area contributed by atoms with E-state index in [1.165, 1.54) is 0 Å². The highest BCUT2D eigenvalue weighted by Gasteiger charge is 2.02. The van der Waals surface area contributed by atoms with Crippen LogP contribution in [0.25, 0.3) is 5.57 Å². The van der Waals surface area contributed by atoms with Gasteiger partial charge in [-0.2, -0.15) is 0 Å². The summed E-state index contributed by atoms with van der Waals surface area (Å²) in [6.07, 6.45) is 1.61. The highest BCUT2D eigenvalue weighted by Crippen LogP contribution is 2.25. The van der Waals surface area contributed by atoms with E-state index >= 15 is 0 Å². The lowest BCUT2D eigenvalue weighted by atomic mass is 10.1. The third-order valence-electron chi connectivity index (χ3n) is 1.91. The zero-order valence-corrected chi connectivity index (χ0v) is 8.45. The van der Waals surface area contributed by atoms with Gasteiger partial charge in [-0.25, -0.2) is 0 Å². The number of aliphatic hydroxyl groups is 1. The molecule has 0 aliphatic carbocycles. The van der Waals surface area contributed by atoms with Gasteiger partial charge >= 0.3 is 0 Å².